The minimum Gasteiger partial charge on any atom is -0.336 e. The number of hydrogen-bond acceptors (Lipinski definition) is 5. The molecule has 0 N–H and O–H groups in total. The van der Waals surface area contributed by atoms with E-state index in [-0.39, 0.29) is 11.9 Å². The van der Waals surface area contributed by atoms with Crippen molar-refractivity contribution in [2.24, 2.45) is 0 Å². The van der Waals surface area contributed by atoms with E-state index in [1.165, 1.54) is 15.4 Å². The van der Waals surface area contributed by atoms with Crippen LogP contribution in [0.3, 0.4) is 0 Å². The zero-order valence-corrected chi connectivity index (χ0v) is 18.5. The Hall–Kier alpha value is -1.90. The second-order valence-electron chi connectivity index (χ2n) is 7.92. The number of hydrogen-bond donors (Lipinski definition) is 0. The lowest BCUT2D eigenvalue weighted by molar-refractivity contribution is 0.0638. The summed E-state index contributed by atoms with van der Waals surface area (Å²) in [6, 6.07) is 9.57. The second kappa shape index (κ2) is 8.08. The van der Waals surface area contributed by atoms with Crippen LogP contribution in [0.15, 0.2) is 35.7 Å². The molecule has 1 amide bonds. The van der Waals surface area contributed by atoms with Gasteiger partial charge in [0, 0.05) is 49.2 Å². The summed E-state index contributed by atoms with van der Waals surface area (Å²) in [6.45, 7) is 6.17. The maximum atomic E-state index is 13.0. The van der Waals surface area contributed by atoms with E-state index in [0.29, 0.717) is 17.7 Å². The molecule has 1 unspecified atom stereocenters. The van der Waals surface area contributed by atoms with Crippen LogP contribution in [0.5, 0.6) is 0 Å². The van der Waals surface area contributed by atoms with Crippen molar-refractivity contribution in [2.45, 2.75) is 25.8 Å². The molecule has 1 aromatic carbocycles. The smallest absolute Gasteiger partial charge is 0.253 e. The van der Waals surface area contributed by atoms with Gasteiger partial charge in [0.2, 0.25) is 10.0 Å². The van der Waals surface area contributed by atoms with E-state index in [1.807, 2.05) is 17.9 Å². The number of benzene rings is 1. The SMILES string of the molecule is CC1Cc2cc(C(=O)N3CCN(CCc4cccs4)CC3)ccc2N1S(C)(=O)=O. The number of thiophene rings is 1. The number of sulfonamides is 1. The van der Waals surface area contributed by atoms with Gasteiger partial charge in [0.05, 0.1) is 11.9 Å². The molecule has 29 heavy (non-hydrogen) atoms. The molecule has 6 nitrogen and oxygen atoms in total. The largest absolute Gasteiger partial charge is 0.336 e. The topological polar surface area (TPSA) is 60.9 Å². The number of fused-ring (bicyclic) bond motifs is 1. The van der Waals surface area contributed by atoms with Gasteiger partial charge in [0.1, 0.15) is 0 Å². The lowest BCUT2D eigenvalue weighted by Gasteiger charge is -2.34. The highest BCUT2D eigenvalue weighted by Gasteiger charge is 2.33. The van der Waals surface area contributed by atoms with Crippen molar-refractivity contribution >= 4 is 33.0 Å². The lowest BCUT2D eigenvalue weighted by Crippen LogP contribution is -2.49. The van der Waals surface area contributed by atoms with Crippen molar-refractivity contribution in [3.8, 4) is 0 Å². The summed E-state index contributed by atoms with van der Waals surface area (Å²) in [5.41, 5.74) is 2.29. The van der Waals surface area contributed by atoms with Crippen LogP contribution in [0, 0.1) is 0 Å². The predicted molar refractivity (Wildman–Crippen MR) is 117 cm³/mol. The van der Waals surface area contributed by atoms with Crippen LogP contribution in [0.1, 0.15) is 27.7 Å². The zero-order valence-electron chi connectivity index (χ0n) is 16.9. The summed E-state index contributed by atoms with van der Waals surface area (Å²) in [6.07, 6.45) is 2.93. The summed E-state index contributed by atoms with van der Waals surface area (Å²) >= 11 is 1.79. The van der Waals surface area contributed by atoms with Crippen LogP contribution < -0.4 is 4.31 Å². The summed E-state index contributed by atoms with van der Waals surface area (Å²) < 4.78 is 25.6. The Morgan fingerprint density at radius 1 is 1.17 bits per heavy atom. The van der Waals surface area contributed by atoms with Crippen molar-refractivity contribution in [1.29, 1.82) is 0 Å². The molecule has 1 atom stereocenters. The van der Waals surface area contributed by atoms with E-state index in [1.54, 1.807) is 23.5 Å². The molecule has 2 aliphatic rings. The van der Waals surface area contributed by atoms with E-state index in [9.17, 15) is 13.2 Å². The van der Waals surface area contributed by atoms with Gasteiger partial charge in [-0.2, -0.15) is 0 Å². The fraction of sp³-hybridized carbons (Fsp3) is 0.476. The molecule has 0 saturated carbocycles. The molecule has 2 aliphatic heterocycles. The fourth-order valence-corrected chi connectivity index (χ4v) is 6.28. The van der Waals surface area contributed by atoms with Crippen LogP contribution in [-0.2, 0) is 22.9 Å². The van der Waals surface area contributed by atoms with Gasteiger partial charge < -0.3 is 4.90 Å². The van der Waals surface area contributed by atoms with Crippen LogP contribution in [-0.4, -0.2) is 69.1 Å². The van der Waals surface area contributed by atoms with Gasteiger partial charge in [-0.1, -0.05) is 6.07 Å². The highest BCUT2D eigenvalue weighted by Crippen LogP contribution is 2.35. The molecular formula is C21H27N3O3S2. The molecule has 0 bridgehead atoms. The minimum atomic E-state index is -3.31. The molecular weight excluding hydrogens is 406 g/mol. The first-order valence-electron chi connectivity index (χ1n) is 9.99. The van der Waals surface area contributed by atoms with E-state index >= 15 is 0 Å². The number of anilines is 1. The van der Waals surface area contributed by atoms with Crippen molar-refractivity contribution in [2.75, 3.05) is 43.3 Å². The first-order chi connectivity index (χ1) is 13.8. The maximum Gasteiger partial charge on any atom is 0.253 e. The Balaban J connectivity index is 1.38. The molecule has 1 fully saturated rings. The summed E-state index contributed by atoms with van der Waals surface area (Å²) in [5.74, 6) is 0.0381. The lowest BCUT2D eigenvalue weighted by atomic mass is 10.1. The zero-order chi connectivity index (χ0) is 20.6. The molecule has 1 saturated heterocycles. The molecule has 8 heteroatoms. The molecule has 4 rings (SSSR count). The predicted octanol–water partition coefficient (Wildman–Crippen LogP) is 2.46. The number of piperazine rings is 1. The normalized spacial score (nSPS) is 20.1. The highest BCUT2D eigenvalue weighted by molar-refractivity contribution is 7.92. The van der Waals surface area contributed by atoms with Gasteiger partial charge in [0.25, 0.3) is 5.91 Å². The van der Waals surface area contributed by atoms with Gasteiger partial charge in [-0.3, -0.25) is 14.0 Å². The van der Waals surface area contributed by atoms with Crippen LogP contribution in [0.25, 0.3) is 0 Å². The number of amides is 1. The van der Waals surface area contributed by atoms with Gasteiger partial charge >= 0.3 is 0 Å². The minimum absolute atomic E-state index is 0.0381. The van der Waals surface area contributed by atoms with E-state index in [0.717, 1.165) is 44.7 Å². The second-order valence-corrected chi connectivity index (χ2v) is 10.8. The molecule has 1 aromatic heterocycles. The first kappa shape index (κ1) is 20.4. The third kappa shape index (κ3) is 4.34. The van der Waals surface area contributed by atoms with Crippen LogP contribution >= 0.6 is 11.3 Å². The van der Waals surface area contributed by atoms with Crippen molar-refractivity contribution in [3.63, 3.8) is 0 Å². The van der Waals surface area contributed by atoms with Gasteiger partial charge in [-0.05, 0) is 55.0 Å². The van der Waals surface area contributed by atoms with Gasteiger partial charge in [0.15, 0.2) is 0 Å². The van der Waals surface area contributed by atoms with Crippen molar-refractivity contribution in [3.05, 3.63) is 51.7 Å². The monoisotopic (exact) mass is 433 g/mol. The highest BCUT2D eigenvalue weighted by atomic mass is 32.2. The third-order valence-corrected chi connectivity index (χ3v) is 7.96. The number of carbonyl (C=O) groups is 1. The average Bonchev–Trinajstić information content (AvgIpc) is 3.31. The van der Waals surface area contributed by atoms with Crippen molar-refractivity contribution < 1.29 is 13.2 Å². The van der Waals surface area contributed by atoms with Gasteiger partial charge in [-0.25, -0.2) is 8.42 Å². The Bertz CT molecular complexity index is 981. The van der Waals surface area contributed by atoms with Crippen molar-refractivity contribution in [1.82, 2.24) is 9.80 Å². The molecule has 156 valence electrons. The number of rotatable bonds is 5. The summed E-state index contributed by atoms with van der Waals surface area (Å²) in [7, 11) is -3.31. The quantitative estimate of drug-likeness (QED) is 0.727. The number of carbonyl (C=O) groups excluding carboxylic acids is 1. The third-order valence-electron chi connectivity index (χ3n) is 5.75. The average molecular weight is 434 g/mol. The first-order valence-corrected chi connectivity index (χ1v) is 12.7. The molecule has 0 radical (unpaired) electrons. The van der Waals surface area contributed by atoms with E-state index in [4.69, 9.17) is 0 Å². The van der Waals surface area contributed by atoms with Gasteiger partial charge in [-0.15, -0.1) is 11.3 Å². The molecule has 0 spiro atoms. The fourth-order valence-electron chi connectivity index (χ4n) is 4.32. The molecule has 3 heterocycles. The Morgan fingerprint density at radius 2 is 1.93 bits per heavy atom. The van der Waals surface area contributed by atoms with E-state index in [2.05, 4.69) is 22.4 Å². The molecule has 2 aromatic rings. The maximum absolute atomic E-state index is 13.0. The molecule has 0 aliphatic carbocycles. The Kier molecular flexibility index (Phi) is 5.68. The summed E-state index contributed by atoms with van der Waals surface area (Å²) in [5, 5.41) is 2.11. The Morgan fingerprint density at radius 3 is 2.59 bits per heavy atom. The van der Waals surface area contributed by atoms with E-state index < -0.39 is 10.0 Å². The summed E-state index contributed by atoms with van der Waals surface area (Å²) in [4.78, 5) is 18.7. The van der Waals surface area contributed by atoms with Crippen LogP contribution in [0.4, 0.5) is 5.69 Å². The standard InChI is InChI=1S/C21H27N3O3S2/c1-16-14-18-15-17(5-6-20(18)24(16)29(2,26)27)21(25)23-11-9-22(10-12-23)8-7-19-4-3-13-28-19/h3-6,13,15-16H,7-12,14H2,1-2H3. The van der Waals surface area contributed by atoms with Crippen LogP contribution in [0.2, 0.25) is 0 Å². The Labute approximate surface area is 176 Å². The number of nitrogens with zero attached hydrogens (tertiary/aromatic N) is 3.